The molecule has 0 fully saturated rings. The molecule has 0 bridgehead atoms. The summed E-state index contributed by atoms with van der Waals surface area (Å²) >= 11 is 1.84. The van der Waals surface area contributed by atoms with Gasteiger partial charge in [0.25, 0.3) is 0 Å². The van der Waals surface area contributed by atoms with E-state index in [1.165, 1.54) is 20.5 Å². The largest absolute Gasteiger partial charge is 0.308 e. The number of thiophene rings is 1. The van der Waals surface area contributed by atoms with Gasteiger partial charge in [-0.25, -0.2) is 0 Å². The van der Waals surface area contributed by atoms with Crippen LogP contribution in [0.1, 0.15) is 37.3 Å². The lowest BCUT2D eigenvalue weighted by Crippen LogP contribution is -2.30. The highest BCUT2D eigenvalue weighted by molar-refractivity contribution is 7.19. The minimum absolute atomic E-state index is 0.282. The van der Waals surface area contributed by atoms with Crippen LogP contribution in [0.4, 0.5) is 0 Å². The Morgan fingerprint density at radius 2 is 2.05 bits per heavy atom. The van der Waals surface area contributed by atoms with Gasteiger partial charge in [-0.1, -0.05) is 18.2 Å². The molecule has 0 saturated heterocycles. The summed E-state index contributed by atoms with van der Waals surface area (Å²) in [6.45, 7) is 8.99. The van der Waals surface area contributed by atoms with Crippen molar-refractivity contribution >= 4 is 21.4 Å². The molecule has 2 aromatic rings. The molecule has 1 aromatic carbocycles. The zero-order valence-electron chi connectivity index (χ0n) is 11.9. The molecule has 1 N–H and O–H groups in total. The normalized spacial score (nSPS) is 13.4. The molecule has 0 saturated carbocycles. The number of rotatable bonds is 4. The molecule has 100 valence electrons. The summed E-state index contributed by atoms with van der Waals surface area (Å²) in [5, 5.41) is 13.9. The highest BCUT2D eigenvalue weighted by atomic mass is 32.1. The van der Waals surface area contributed by atoms with Crippen LogP contribution in [-0.2, 0) is 0 Å². The van der Waals surface area contributed by atoms with E-state index in [1.807, 2.05) is 25.2 Å². The smallest absolute Gasteiger partial charge is 0.0697 e. The number of benzene rings is 1. The van der Waals surface area contributed by atoms with Gasteiger partial charge in [-0.2, -0.15) is 5.26 Å². The molecule has 1 unspecified atom stereocenters. The zero-order valence-corrected chi connectivity index (χ0v) is 12.8. The van der Waals surface area contributed by atoms with Crippen LogP contribution < -0.4 is 5.32 Å². The second-order valence-corrected chi connectivity index (χ2v) is 6.77. The molecule has 1 aromatic heterocycles. The number of nitrogens with one attached hydrogen (secondary N) is 1. The van der Waals surface area contributed by atoms with Crippen LogP contribution in [0.25, 0.3) is 10.1 Å². The SMILES string of the molecule is Cc1c(C(C)NCC(C)(C)C#N)sc2ccccc12. The van der Waals surface area contributed by atoms with Crippen molar-refractivity contribution in [3.8, 4) is 6.07 Å². The Balaban J connectivity index is 2.20. The molecular weight excluding hydrogens is 252 g/mol. The van der Waals surface area contributed by atoms with Crippen LogP contribution in [0.15, 0.2) is 24.3 Å². The summed E-state index contributed by atoms with van der Waals surface area (Å²) in [5.41, 5.74) is 1.04. The predicted octanol–water partition coefficient (Wildman–Crippen LogP) is 4.41. The maximum Gasteiger partial charge on any atom is 0.0697 e. The molecule has 19 heavy (non-hydrogen) atoms. The quantitative estimate of drug-likeness (QED) is 0.895. The van der Waals surface area contributed by atoms with Crippen LogP contribution >= 0.6 is 11.3 Å². The Kier molecular flexibility index (Phi) is 3.93. The molecule has 1 heterocycles. The van der Waals surface area contributed by atoms with E-state index < -0.39 is 0 Å². The van der Waals surface area contributed by atoms with Crippen molar-refractivity contribution in [2.75, 3.05) is 6.54 Å². The fourth-order valence-corrected chi connectivity index (χ4v) is 3.38. The second-order valence-electron chi connectivity index (χ2n) is 5.69. The molecule has 2 rings (SSSR count). The minimum Gasteiger partial charge on any atom is -0.308 e. The van der Waals surface area contributed by atoms with E-state index in [0.717, 1.165) is 0 Å². The first-order valence-corrected chi connectivity index (χ1v) is 7.39. The van der Waals surface area contributed by atoms with Gasteiger partial charge >= 0.3 is 0 Å². The second kappa shape index (κ2) is 5.32. The molecule has 0 aliphatic carbocycles. The van der Waals surface area contributed by atoms with Crippen molar-refractivity contribution < 1.29 is 0 Å². The number of nitrogens with zero attached hydrogens (tertiary/aromatic N) is 1. The van der Waals surface area contributed by atoms with E-state index in [4.69, 9.17) is 5.26 Å². The van der Waals surface area contributed by atoms with Gasteiger partial charge in [0, 0.05) is 22.2 Å². The first kappa shape index (κ1) is 14.0. The number of aryl methyl sites for hydroxylation is 1. The molecule has 0 aliphatic heterocycles. The topological polar surface area (TPSA) is 35.8 Å². The summed E-state index contributed by atoms with van der Waals surface area (Å²) in [6, 6.07) is 11.1. The third kappa shape index (κ3) is 2.97. The van der Waals surface area contributed by atoms with E-state index in [0.29, 0.717) is 6.54 Å². The Bertz CT molecular complexity index is 619. The molecule has 0 amide bonds. The average Bonchev–Trinajstić information content (AvgIpc) is 2.74. The molecule has 3 heteroatoms. The lowest BCUT2D eigenvalue weighted by molar-refractivity contribution is 0.417. The summed E-state index contributed by atoms with van der Waals surface area (Å²) in [6.07, 6.45) is 0. The molecular formula is C16H20N2S. The standard InChI is InChI=1S/C16H20N2S/c1-11-13-7-5-6-8-14(13)19-15(11)12(2)18-10-16(3,4)9-17/h5-8,12,18H,10H2,1-4H3. The van der Waals surface area contributed by atoms with E-state index >= 15 is 0 Å². The van der Waals surface area contributed by atoms with Crippen LogP contribution in [0, 0.1) is 23.7 Å². The van der Waals surface area contributed by atoms with Gasteiger partial charge in [0.2, 0.25) is 0 Å². The van der Waals surface area contributed by atoms with Gasteiger partial charge in [0.05, 0.1) is 11.5 Å². The lowest BCUT2D eigenvalue weighted by Gasteiger charge is -2.20. The summed E-state index contributed by atoms with van der Waals surface area (Å²) in [7, 11) is 0. The van der Waals surface area contributed by atoms with Crippen molar-refractivity contribution in [2.24, 2.45) is 5.41 Å². The number of hydrogen-bond acceptors (Lipinski definition) is 3. The summed E-state index contributed by atoms with van der Waals surface area (Å²) in [5.74, 6) is 0. The summed E-state index contributed by atoms with van der Waals surface area (Å²) in [4.78, 5) is 1.37. The van der Waals surface area contributed by atoms with Crippen molar-refractivity contribution in [3.05, 3.63) is 34.7 Å². The number of hydrogen-bond donors (Lipinski definition) is 1. The zero-order chi connectivity index (χ0) is 14.0. The van der Waals surface area contributed by atoms with E-state index in [2.05, 4.69) is 49.5 Å². The summed E-state index contributed by atoms with van der Waals surface area (Å²) < 4.78 is 1.34. The predicted molar refractivity (Wildman–Crippen MR) is 82.4 cm³/mol. The van der Waals surface area contributed by atoms with Crippen LogP contribution in [0.2, 0.25) is 0 Å². The maximum atomic E-state index is 9.06. The van der Waals surface area contributed by atoms with Crippen molar-refractivity contribution in [2.45, 2.75) is 33.7 Å². The Labute approximate surface area is 119 Å². The monoisotopic (exact) mass is 272 g/mol. The molecule has 0 aliphatic rings. The molecule has 0 spiro atoms. The van der Waals surface area contributed by atoms with Crippen LogP contribution in [0.3, 0.4) is 0 Å². The molecule has 0 radical (unpaired) electrons. The number of fused-ring (bicyclic) bond motifs is 1. The number of nitriles is 1. The van der Waals surface area contributed by atoms with Crippen LogP contribution in [-0.4, -0.2) is 6.54 Å². The van der Waals surface area contributed by atoms with Crippen molar-refractivity contribution in [3.63, 3.8) is 0 Å². The van der Waals surface area contributed by atoms with Gasteiger partial charge in [-0.15, -0.1) is 11.3 Å². The Morgan fingerprint density at radius 1 is 1.37 bits per heavy atom. The van der Waals surface area contributed by atoms with Gasteiger partial charge < -0.3 is 5.32 Å². The van der Waals surface area contributed by atoms with Crippen molar-refractivity contribution in [1.82, 2.24) is 5.32 Å². The minimum atomic E-state index is -0.321. The highest BCUT2D eigenvalue weighted by Crippen LogP contribution is 2.34. The first-order chi connectivity index (χ1) is 8.94. The van der Waals surface area contributed by atoms with Crippen LogP contribution in [0.5, 0.6) is 0 Å². The lowest BCUT2D eigenvalue weighted by atomic mass is 9.95. The highest BCUT2D eigenvalue weighted by Gasteiger charge is 2.20. The van der Waals surface area contributed by atoms with E-state index in [1.54, 1.807) is 0 Å². The third-order valence-electron chi connectivity index (χ3n) is 3.43. The fourth-order valence-electron chi connectivity index (χ4n) is 2.15. The van der Waals surface area contributed by atoms with Gasteiger partial charge in [-0.3, -0.25) is 0 Å². The molecule has 1 atom stereocenters. The Hall–Kier alpha value is -1.37. The van der Waals surface area contributed by atoms with Gasteiger partial charge in [0.15, 0.2) is 0 Å². The van der Waals surface area contributed by atoms with E-state index in [-0.39, 0.29) is 11.5 Å². The first-order valence-electron chi connectivity index (χ1n) is 6.57. The van der Waals surface area contributed by atoms with Gasteiger partial charge in [0.1, 0.15) is 0 Å². The molecule has 2 nitrogen and oxygen atoms in total. The van der Waals surface area contributed by atoms with E-state index in [9.17, 15) is 0 Å². The Morgan fingerprint density at radius 3 is 2.68 bits per heavy atom. The maximum absolute atomic E-state index is 9.06. The average molecular weight is 272 g/mol. The van der Waals surface area contributed by atoms with Gasteiger partial charge in [-0.05, 0) is 44.7 Å². The van der Waals surface area contributed by atoms with Crippen molar-refractivity contribution in [1.29, 1.82) is 5.26 Å². The third-order valence-corrected chi connectivity index (χ3v) is 4.88. The fraction of sp³-hybridized carbons (Fsp3) is 0.438.